The molecular formula is C16H22N2O2S. The van der Waals surface area contributed by atoms with Crippen LogP contribution < -0.4 is 5.56 Å². The van der Waals surface area contributed by atoms with Gasteiger partial charge in [-0.1, -0.05) is 6.92 Å². The van der Waals surface area contributed by atoms with Gasteiger partial charge in [-0.25, -0.2) is 4.98 Å². The van der Waals surface area contributed by atoms with E-state index in [2.05, 4.69) is 11.9 Å². The number of thiophene rings is 1. The third-order valence-electron chi connectivity index (χ3n) is 4.07. The van der Waals surface area contributed by atoms with Crippen molar-refractivity contribution in [1.29, 1.82) is 0 Å². The maximum Gasteiger partial charge on any atom is 0.262 e. The Labute approximate surface area is 128 Å². The average Bonchev–Trinajstić information content (AvgIpc) is 2.79. The Hall–Kier alpha value is -1.20. The van der Waals surface area contributed by atoms with Gasteiger partial charge in [0, 0.05) is 4.88 Å². The first-order valence-corrected chi connectivity index (χ1v) is 8.49. The fourth-order valence-electron chi connectivity index (χ4n) is 2.91. The van der Waals surface area contributed by atoms with E-state index in [4.69, 9.17) is 4.74 Å². The molecule has 4 nitrogen and oxygen atoms in total. The molecule has 2 aromatic heterocycles. The Morgan fingerprint density at radius 3 is 3.10 bits per heavy atom. The first-order valence-electron chi connectivity index (χ1n) is 7.67. The summed E-state index contributed by atoms with van der Waals surface area (Å²) in [5.41, 5.74) is 1.35. The van der Waals surface area contributed by atoms with Crippen LogP contribution in [0.25, 0.3) is 10.2 Å². The standard InChI is InChI=1S/C16H22N2O2S/c1-10(2)20-7-6-18-9-17-15-14(16(18)19)12-5-4-11(3)8-13(12)21-15/h9-11H,4-8H2,1-3H3. The molecule has 1 aliphatic rings. The SMILES string of the molecule is CC1CCc2c(sc3ncn(CCOC(C)C)c(=O)c23)C1. The lowest BCUT2D eigenvalue weighted by atomic mass is 9.89. The largest absolute Gasteiger partial charge is 0.377 e. The van der Waals surface area contributed by atoms with Gasteiger partial charge >= 0.3 is 0 Å². The number of hydrogen-bond donors (Lipinski definition) is 0. The molecule has 0 radical (unpaired) electrons. The van der Waals surface area contributed by atoms with E-state index in [0.29, 0.717) is 19.1 Å². The molecule has 2 heterocycles. The van der Waals surface area contributed by atoms with E-state index >= 15 is 0 Å². The van der Waals surface area contributed by atoms with Crippen LogP contribution in [-0.4, -0.2) is 22.3 Å². The van der Waals surface area contributed by atoms with Crippen LogP contribution >= 0.6 is 11.3 Å². The summed E-state index contributed by atoms with van der Waals surface area (Å²) in [4.78, 5) is 19.5. The van der Waals surface area contributed by atoms with E-state index in [9.17, 15) is 4.79 Å². The zero-order valence-electron chi connectivity index (χ0n) is 12.9. The van der Waals surface area contributed by atoms with Crippen LogP contribution in [0.5, 0.6) is 0 Å². The highest BCUT2D eigenvalue weighted by Crippen LogP contribution is 2.35. The lowest BCUT2D eigenvalue weighted by molar-refractivity contribution is 0.0722. The summed E-state index contributed by atoms with van der Waals surface area (Å²) in [6, 6.07) is 0. The van der Waals surface area contributed by atoms with E-state index in [0.717, 1.165) is 23.1 Å². The predicted molar refractivity (Wildman–Crippen MR) is 86.2 cm³/mol. The third kappa shape index (κ3) is 2.90. The molecule has 0 aromatic carbocycles. The first kappa shape index (κ1) is 14.7. The Kier molecular flexibility index (Phi) is 4.13. The van der Waals surface area contributed by atoms with E-state index in [-0.39, 0.29) is 11.7 Å². The molecule has 0 bridgehead atoms. The molecular weight excluding hydrogens is 284 g/mol. The summed E-state index contributed by atoms with van der Waals surface area (Å²) < 4.78 is 7.23. The van der Waals surface area contributed by atoms with E-state index < -0.39 is 0 Å². The second-order valence-electron chi connectivity index (χ2n) is 6.19. The highest BCUT2D eigenvalue weighted by Gasteiger charge is 2.23. The molecule has 0 amide bonds. The Morgan fingerprint density at radius 1 is 1.52 bits per heavy atom. The average molecular weight is 306 g/mol. The fourth-order valence-corrected chi connectivity index (χ4v) is 4.25. The normalized spacial score (nSPS) is 18.4. The molecule has 21 heavy (non-hydrogen) atoms. The fraction of sp³-hybridized carbons (Fsp3) is 0.625. The second kappa shape index (κ2) is 5.89. The van der Waals surface area contributed by atoms with Gasteiger partial charge in [0.15, 0.2) is 0 Å². The Bertz CT molecular complexity index is 702. The molecule has 2 aromatic rings. The predicted octanol–water partition coefficient (Wildman–Crippen LogP) is 3.01. The first-order chi connectivity index (χ1) is 10.1. The number of nitrogens with zero attached hydrogens (tertiary/aromatic N) is 2. The smallest absolute Gasteiger partial charge is 0.262 e. The van der Waals surface area contributed by atoms with Crippen molar-refractivity contribution in [1.82, 2.24) is 9.55 Å². The molecule has 0 aliphatic heterocycles. The molecule has 0 fully saturated rings. The summed E-state index contributed by atoms with van der Waals surface area (Å²) in [6.07, 6.45) is 5.13. The van der Waals surface area contributed by atoms with Gasteiger partial charge in [-0.2, -0.15) is 0 Å². The lowest BCUT2D eigenvalue weighted by Crippen LogP contribution is -2.24. The highest BCUT2D eigenvalue weighted by molar-refractivity contribution is 7.18. The minimum absolute atomic E-state index is 0.0967. The van der Waals surface area contributed by atoms with Crippen LogP contribution in [0.2, 0.25) is 0 Å². The third-order valence-corrected chi connectivity index (χ3v) is 5.23. The Morgan fingerprint density at radius 2 is 2.33 bits per heavy atom. The summed E-state index contributed by atoms with van der Waals surface area (Å²) in [5, 5.41) is 0.856. The molecule has 5 heteroatoms. The number of aryl methyl sites for hydroxylation is 1. The molecule has 0 saturated carbocycles. The molecule has 0 spiro atoms. The number of ether oxygens (including phenoxy) is 1. The van der Waals surface area contributed by atoms with Crippen LogP contribution in [0, 0.1) is 5.92 Å². The monoisotopic (exact) mass is 306 g/mol. The van der Waals surface area contributed by atoms with Crippen molar-refractivity contribution in [2.45, 2.75) is 52.7 Å². The maximum atomic E-state index is 12.7. The molecule has 1 atom stereocenters. The van der Waals surface area contributed by atoms with Crippen LogP contribution in [0.4, 0.5) is 0 Å². The van der Waals surface area contributed by atoms with Gasteiger partial charge in [0.25, 0.3) is 5.56 Å². The van der Waals surface area contributed by atoms with Gasteiger partial charge in [-0.05, 0) is 44.6 Å². The van der Waals surface area contributed by atoms with Gasteiger partial charge in [0.05, 0.1) is 31.0 Å². The van der Waals surface area contributed by atoms with Gasteiger partial charge in [-0.3, -0.25) is 9.36 Å². The van der Waals surface area contributed by atoms with E-state index in [1.807, 2.05) is 13.8 Å². The van der Waals surface area contributed by atoms with Crippen molar-refractivity contribution in [2.24, 2.45) is 5.92 Å². The summed E-state index contributed by atoms with van der Waals surface area (Å²) >= 11 is 1.70. The molecule has 3 rings (SSSR count). The second-order valence-corrected chi connectivity index (χ2v) is 7.28. The minimum atomic E-state index is 0.0967. The van der Waals surface area contributed by atoms with Crippen LogP contribution in [0.3, 0.4) is 0 Å². The van der Waals surface area contributed by atoms with Crippen molar-refractivity contribution in [3.8, 4) is 0 Å². The quantitative estimate of drug-likeness (QED) is 0.872. The number of rotatable bonds is 4. The van der Waals surface area contributed by atoms with Crippen LogP contribution in [-0.2, 0) is 24.1 Å². The van der Waals surface area contributed by atoms with Gasteiger partial charge in [-0.15, -0.1) is 11.3 Å². The zero-order chi connectivity index (χ0) is 15.0. The lowest BCUT2D eigenvalue weighted by Gasteiger charge is -2.17. The van der Waals surface area contributed by atoms with E-state index in [1.165, 1.54) is 16.9 Å². The van der Waals surface area contributed by atoms with Gasteiger partial charge in [0.2, 0.25) is 0 Å². The van der Waals surface area contributed by atoms with Gasteiger partial charge < -0.3 is 4.74 Å². The topological polar surface area (TPSA) is 44.1 Å². The van der Waals surface area contributed by atoms with Crippen LogP contribution in [0.1, 0.15) is 37.6 Å². The van der Waals surface area contributed by atoms with Gasteiger partial charge in [0.1, 0.15) is 4.83 Å². The van der Waals surface area contributed by atoms with Crippen molar-refractivity contribution >= 4 is 21.6 Å². The summed E-state index contributed by atoms with van der Waals surface area (Å²) in [7, 11) is 0. The van der Waals surface area contributed by atoms with Crippen molar-refractivity contribution in [2.75, 3.05) is 6.61 Å². The summed E-state index contributed by atoms with van der Waals surface area (Å²) in [5.74, 6) is 0.715. The molecule has 114 valence electrons. The van der Waals surface area contributed by atoms with Crippen LogP contribution in [0.15, 0.2) is 11.1 Å². The number of hydrogen-bond acceptors (Lipinski definition) is 4. The molecule has 1 unspecified atom stereocenters. The molecule has 0 saturated heterocycles. The van der Waals surface area contributed by atoms with E-state index in [1.54, 1.807) is 22.2 Å². The summed E-state index contributed by atoms with van der Waals surface area (Å²) in [6.45, 7) is 7.40. The van der Waals surface area contributed by atoms with Crippen molar-refractivity contribution in [3.05, 3.63) is 27.1 Å². The Balaban J connectivity index is 1.95. The zero-order valence-corrected chi connectivity index (χ0v) is 13.7. The molecule has 1 aliphatic carbocycles. The van der Waals surface area contributed by atoms with Crippen molar-refractivity contribution < 1.29 is 4.74 Å². The van der Waals surface area contributed by atoms with Crippen molar-refractivity contribution in [3.63, 3.8) is 0 Å². The minimum Gasteiger partial charge on any atom is -0.377 e. The number of aromatic nitrogens is 2. The highest BCUT2D eigenvalue weighted by atomic mass is 32.1. The number of fused-ring (bicyclic) bond motifs is 3. The maximum absolute atomic E-state index is 12.7. The molecule has 0 N–H and O–H groups in total.